The molecule has 0 radical (unpaired) electrons. The summed E-state index contributed by atoms with van der Waals surface area (Å²) >= 11 is 0. The van der Waals surface area contributed by atoms with Gasteiger partial charge < -0.3 is 44.9 Å². The van der Waals surface area contributed by atoms with Crippen molar-refractivity contribution in [3.05, 3.63) is 120 Å². The molecule has 290 valence electrons. The molecule has 0 aliphatic rings. The summed E-state index contributed by atoms with van der Waals surface area (Å²) in [4.78, 5) is 24.5. The third-order valence-electron chi connectivity index (χ3n) is 7.89. The van der Waals surface area contributed by atoms with Crippen LogP contribution in [0.1, 0.15) is 61.8 Å². The minimum absolute atomic E-state index is 0. The van der Waals surface area contributed by atoms with E-state index >= 15 is 0 Å². The molecule has 0 fully saturated rings. The van der Waals surface area contributed by atoms with Gasteiger partial charge in [0, 0.05) is 74.5 Å². The number of aromatic nitrogens is 2. The monoisotopic (exact) mass is 810 g/mol. The molecular weight excluding hydrogens is 760 g/mol. The standard InChI is InChI=1S/C42H50N4O4S2.2ClH/c1-3-49-39-17-13-35(14-18-39)9-11-37-21-29-45(30-22-37)27-5-7-41(47)43-25-33-51-52-34-26-44-42(48)8-6-28-46-31-23-38(24-32-46)12-10-36-15-19-40(20-16-36)50-4-2;;/h9-24,29-32H,3-8,25-28,33-34H2,1-2H3;2*1H. The van der Waals surface area contributed by atoms with Crippen molar-refractivity contribution < 1.29 is 53.0 Å². The van der Waals surface area contributed by atoms with Crippen molar-refractivity contribution in [2.75, 3.05) is 37.8 Å². The van der Waals surface area contributed by atoms with E-state index in [1.165, 1.54) is 0 Å². The predicted molar refractivity (Wildman–Crippen MR) is 216 cm³/mol. The number of ether oxygens (including phenoxy) is 2. The maximum Gasteiger partial charge on any atom is 0.220 e. The summed E-state index contributed by atoms with van der Waals surface area (Å²) in [6.07, 6.45) is 19.1. The van der Waals surface area contributed by atoms with E-state index in [1.807, 2.05) is 62.4 Å². The third-order valence-corrected chi connectivity index (χ3v) is 10.3. The zero-order valence-electron chi connectivity index (χ0n) is 31.1. The van der Waals surface area contributed by atoms with E-state index in [0.29, 0.717) is 39.1 Å². The highest BCUT2D eigenvalue weighted by Gasteiger charge is 2.07. The van der Waals surface area contributed by atoms with Gasteiger partial charge in [-0.2, -0.15) is 0 Å². The lowest BCUT2D eigenvalue weighted by atomic mass is 10.1. The van der Waals surface area contributed by atoms with E-state index in [-0.39, 0.29) is 36.6 Å². The topological polar surface area (TPSA) is 84.4 Å². The Kier molecular flexibility index (Phi) is 23.6. The number of benzene rings is 2. The molecule has 12 heteroatoms. The van der Waals surface area contributed by atoms with Gasteiger partial charge in [0.05, 0.1) is 13.2 Å². The molecule has 4 aromatic rings. The third kappa shape index (κ3) is 18.9. The van der Waals surface area contributed by atoms with Crippen LogP contribution in [0.2, 0.25) is 0 Å². The Morgan fingerprint density at radius 1 is 0.556 bits per heavy atom. The maximum atomic E-state index is 12.3. The number of hydrogen-bond acceptors (Lipinski definition) is 6. The largest absolute Gasteiger partial charge is 1.00 e. The molecule has 0 aliphatic carbocycles. The molecule has 4 rings (SSSR count). The second-order valence-electron chi connectivity index (χ2n) is 12.0. The number of halogens is 2. The first-order valence-corrected chi connectivity index (χ1v) is 20.6. The number of carbonyl (C=O) groups excluding carboxylic acids is 2. The zero-order valence-corrected chi connectivity index (χ0v) is 34.3. The first-order valence-electron chi connectivity index (χ1n) is 18.1. The number of pyridine rings is 2. The van der Waals surface area contributed by atoms with E-state index in [1.54, 1.807) is 21.6 Å². The van der Waals surface area contributed by atoms with Crippen LogP contribution in [0.25, 0.3) is 24.3 Å². The van der Waals surface area contributed by atoms with Gasteiger partial charge >= 0.3 is 0 Å². The molecule has 8 nitrogen and oxygen atoms in total. The number of nitrogens with zero attached hydrogens (tertiary/aromatic N) is 2. The van der Waals surface area contributed by atoms with E-state index in [9.17, 15) is 9.59 Å². The van der Waals surface area contributed by atoms with Gasteiger partial charge in [-0.1, -0.05) is 70.2 Å². The fourth-order valence-corrected chi connectivity index (χ4v) is 6.94. The zero-order chi connectivity index (χ0) is 36.6. The molecule has 0 atom stereocenters. The number of aryl methyl sites for hydroxylation is 2. The van der Waals surface area contributed by atoms with Crippen LogP contribution in [-0.4, -0.2) is 49.6 Å². The summed E-state index contributed by atoms with van der Waals surface area (Å²) in [6, 6.07) is 24.4. The van der Waals surface area contributed by atoms with E-state index in [0.717, 1.165) is 71.2 Å². The number of amides is 2. The lowest BCUT2D eigenvalue weighted by Gasteiger charge is -2.06. The minimum atomic E-state index is 0. The van der Waals surface area contributed by atoms with E-state index < -0.39 is 0 Å². The molecule has 0 saturated carbocycles. The van der Waals surface area contributed by atoms with Crippen molar-refractivity contribution in [3.8, 4) is 11.5 Å². The van der Waals surface area contributed by atoms with Crippen LogP contribution >= 0.6 is 21.6 Å². The Labute approximate surface area is 341 Å². The molecule has 2 aromatic heterocycles. The fourth-order valence-electron chi connectivity index (χ4n) is 5.13. The lowest BCUT2D eigenvalue weighted by Crippen LogP contribution is -3.00. The second kappa shape index (κ2) is 27.6. The van der Waals surface area contributed by atoms with Crippen molar-refractivity contribution >= 4 is 57.7 Å². The van der Waals surface area contributed by atoms with Gasteiger partial charge in [0.1, 0.15) is 24.6 Å². The molecular formula is C42H52Cl2N4O4S2. The molecule has 0 bridgehead atoms. The molecule has 2 N–H and O–H groups in total. The Balaban J connectivity index is 0.00000504. The van der Waals surface area contributed by atoms with Crippen LogP contribution in [0.15, 0.2) is 97.6 Å². The van der Waals surface area contributed by atoms with Gasteiger partial charge in [0.25, 0.3) is 0 Å². The number of carbonyl (C=O) groups is 2. The molecule has 2 aromatic carbocycles. The Hall–Kier alpha value is -3.96. The summed E-state index contributed by atoms with van der Waals surface area (Å²) in [6.45, 7) is 8.16. The fraction of sp³-hybridized carbons (Fsp3) is 0.333. The van der Waals surface area contributed by atoms with Crippen molar-refractivity contribution in [2.45, 2.75) is 52.6 Å². The first-order chi connectivity index (χ1) is 25.5. The van der Waals surface area contributed by atoms with Crippen molar-refractivity contribution in [1.29, 1.82) is 0 Å². The van der Waals surface area contributed by atoms with Crippen molar-refractivity contribution in [1.82, 2.24) is 10.6 Å². The molecule has 54 heavy (non-hydrogen) atoms. The van der Waals surface area contributed by atoms with Gasteiger partial charge in [-0.15, -0.1) is 0 Å². The molecule has 0 saturated heterocycles. The van der Waals surface area contributed by atoms with Crippen LogP contribution in [0, 0.1) is 0 Å². The summed E-state index contributed by atoms with van der Waals surface area (Å²) in [7, 11) is 3.43. The normalized spacial score (nSPS) is 10.8. The molecule has 2 amide bonds. The first kappa shape index (κ1) is 46.2. The molecule has 0 aliphatic heterocycles. The van der Waals surface area contributed by atoms with Crippen LogP contribution in [-0.2, 0) is 22.7 Å². The quantitative estimate of drug-likeness (QED) is 0.0669. The van der Waals surface area contributed by atoms with Gasteiger partial charge in [0.2, 0.25) is 11.8 Å². The summed E-state index contributed by atoms with van der Waals surface area (Å²) in [5.41, 5.74) is 4.49. The average Bonchev–Trinajstić information content (AvgIpc) is 3.16. The predicted octanol–water partition coefficient (Wildman–Crippen LogP) is 1.28. The smallest absolute Gasteiger partial charge is 0.220 e. The maximum absolute atomic E-state index is 12.3. The Bertz CT molecular complexity index is 1560. The van der Waals surface area contributed by atoms with Gasteiger partial charge in [-0.05, 0) is 60.4 Å². The molecule has 0 unspecified atom stereocenters. The number of nitrogens with one attached hydrogen (secondary N) is 2. The Morgan fingerprint density at radius 3 is 1.22 bits per heavy atom. The van der Waals surface area contributed by atoms with Crippen LogP contribution in [0.4, 0.5) is 0 Å². The lowest BCUT2D eigenvalue weighted by molar-refractivity contribution is -0.697. The summed E-state index contributed by atoms with van der Waals surface area (Å²) in [5, 5.41) is 6.02. The second-order valence-corrected chi connectivity index (χ2v) is 14.7. The van der Waals surface area contributed by atoms with Crippen LogP contribution < -0.4 is 54.1 Å². The van der Waals surface area contributed by atoms with E-state index in [4.69, 9.17) is 9.47 Å². The SMILES string of the molecule is CCOc1ccc(C=Cc2cc[n+](CCCC(=O)NCCSSCCNC(=O)CCC[n+]3ccc(C=Cc4ccc(OCC)cc4)cc3)cc2)cc1.[Cl-].[Cl-]. The van der Waals surface area contributed by atoms with Crippen molar-refractivity contribution in [2.24, 2.45) is 0 Å². The van der Waals surface area contributed by atoms with E-state index in [2.05, 4.69) is 93.1 Å². The number of hydrogen-bond donors (Lipinski definition) is 2. The minimum Gasteiger partial charge on any atom is -1.00 e. The number of rotatable bonds is 23. The van der Waals surface area contributed by atoms with Crippen molar-refractivity contribution in [3.63, 3.8) is 0 Å². The molecule has 0 spiro atoms. The Morgan fingerprint density at radius 2 is 0.889 bits per heavy atom. The highest BCUT2D eigenvalue weighted by molar-refractivity contribution is 8.76. The van der Waals surface area contributed by atoms with Gasteiger partial charge in [-0.25, -0.2) is 9.13 Å². The average molecular weight is 812 g/mol. The van der Waals surface area contributed by atoms with Gasteiger partial charge in [-0.3, -0.25) is 9.59 Å². The van der Waals surface area contributed by atoms with Gasteiger partial charge in [0.15, 0.2) is 24.8 Å². The highest BCUT2D eigenvalue weighted by Crippen LogP contribution is 2.19. The molecule has 2 heterocycles. The van der Waals surface area contributed by atoms with Crippen LogP contribution in [0.3, 0.4) is 0 Å². The van der Waals surface area contributed by atoms with Crippen LogP contribution in [0.5, 0.6) is 11.5 Å². The highest BCUT2D eigenvalue weighted by atomic mass is 35.5. The summed E-state index contributed by atoms with van der Waals surface area (Å²) < 4.78 is 15.2. The summed E-state index contributed by atoms with van der Waals surface area (Å²) in [5.74, 6) is 3.59.